The molecule has 1 heterocycles. The normalized spacial score (nSPS) is 23.4. The maximum Gasteiger partial charge on any atom is 0.325 e. The molecule has 1 saturated heterocycles. The lowest BCUT2D eigenvalue weighted by Gasteiger charge is -2.30. The van der Waals surface area contributed by atoms with Crippen molar-refractivity contribution in [1.29, 1.82) is 0 Å². The first-order valence-electron chi connectivity index (χ1n) is 5.85. The first-order chi connectivity index (χ1) is 8.47. The first-order valence-corrected chi connectivity index (χ1v) is 5.85. The van der Waals surface area contributed by atoms with Crippen LogP contribution in [0, 0.1) is 5.82 Å². The lowest BCUT2D eigenvalue weighted by molar-refractivity contribution is -0.126. The first kappa shape index (κ1) is 12.5. The van der Waals surface area contributed by atoms with Crippen LogP contribution < -0.4 is 5.32 Å². The molecule has 0 bridgehead atoms. The number of nitrogens with one attached hydrogen (secondary N) is 1. The zero-order chi connectivity index (χ0) is 13.3. The predicted molar refractivity (Wildman–Crippen MR) is 64.2 cm³/mol. The number of urea groups is 1. The number of imide groups is 1. The van der Waals surface area contributed by atoms with Crippen molar-refractivity contribution in [3.8, 4) is 0 Å². The summed E-state index contributed by atoms with van der Waals surface area (Å²) in [6.45, 7) is 3.78. The second-order valence-electron chi connectivity index (χ2n) is 4.60. The Bertz CT molecular complexity index is 504. The van der Waals surface area contributed by atoms with E-state index in [1.165, 1.54) is 17.0 Å². The fourth-order valence-corrected chi connectivity index (χ4v) is 2.06. The fraction of sp³-hybridized carbons (Fsp3) is 0.385. The van der Waals surface area contributed by atoms with Gasteiger partial charge in [0.2, 0.25) is 0 Å². The molecule has 96 valence electrons. The highest BCUT2D eigenvalue weighted by atomic mass is 19.1. The summed E-state index contributed by atoms with van der Waals surface area (Å²) in [4.78, 5) is 25.0. The second kappa shape index (κ2) is 4.40. The van der Waals surface area contributed by atoms with Gasteiger partial charge >= 0.3 is 6.03 Å². The summed E-state index contributed by atoms with van der Waals surface area (Å²) in [5.74, 6) is -0.650. The SMILES string of the molecule is CCC1(C)C(=O)NC(=O)N1Cc1cccc(F)c1. The van der Waals surface area contributed by atoms with Crippen molar-refractivity contribution in [2.75, 3.05) is 0 Å². The molecule has 1 aromatic carbocycles. The molecule has 18 heavy (non-hydrogen) atoms. The molecule has 1 fully saturated rings. The Morgan fingerprint density at radius 2 is 2.11 bits per heavy atom. The number of carbonyl (C=O) groups excluding carboxylic acids is 2. The van der Waals surface area contributed by atoms with E-state index in [4.69, 9.17) is 0 Å². The van der Waals surface area contributed by atoms with Crippen molar-refractivity contribution >= 4 is 11.9 Å². The predicted octanol–water partition coefficient (Wildman–Crippen LogP) is 2.05. The van der Waals surface area contributed by atoms with E-state index >= 15 is 0 Å². The molecular formula is C13H15FN2O2. The minimum atomic E-state index is -0.858. The monoisotopic (exact) mass is 250 g/mol. The molecule has 1 aliphatic rings. The number of hydrogen-bond donors (Lipinski definition) is 1. The van der Waals surface area contributed by atoms with Crippen molar-refractivity contribution in [2.45, 2.75) is 32.4 Å². The maximum atomic E-state index is 13.1. The van der Waals surface area contributed by atoms with E-state index in [0.717, 1.165) is 0 Å². The largest absolute Gasteiger partial charge is 0.325 e. The molecule has 0 aliphatic carbocycles. The molecule has 0 aromatic heterocycles. The van der Waals surface area contributed by atoms with Crippen molar-refractivity contribution < 1.29 is 14.0 Å². The van der Waals surface area contributed by atoms with Crippen LogP contribution in [0.4, 0.5) is 9.18 Å². The van der Waals surface area contributed by atoms with E-state index in [-0.39, 0.29) is 18.3 Å². The highest BCUT2D eigenvalue weighted by Gasteiger charge is 2.47. The Balaban J connectivity index is 2.27. The van der Waals surface area contributed by atoms with Gasteiger partial charge in [0.1, 0.15) is 11.4 Å². The molecule has 0 saturated carbocycles. The topological polar surface area (TPSA) is 49.4 Å². The zero-order valence-electron chi connectivity index (χ0n) is 10.4. The molecule has 3 amide bonds. The van der Waals surface area contributed by atoms with Crippen LogP contribution in [0.1, 0.15) is 25.8 Å². The van der Waals surface area contributed by atoms with Gasteiger partial charge in [0.25, 0.3) is 5.91 Å². The fourth-order valence-electron chi connectivity index (χ4n) is 2.06. The Morgan fingerprint density at radius 1 is 1.39 bits per heavy atom. The van der Waals surface area contributed by atoms with E-state index < -0.39 is 11.6 Å². The Hall–Kier alpha value is -1.91. The Labute approximate surface area is 105 Å². The van der Waals surface area contributed by atoms with Gasteiger partial charge in [0.15, 0.2) is 0 Å². The number of carbonyl (C=O) groups is 2. The molecule has 5 heteroatoms. The van der Waals surface area contributed by atoms with E-state index in [2.05, 4.69) is 5.32 Å². The average molecular weight is 250 g/mol. The van der Waals surface area contributed by atoms with Gasteiger partial charge in [-0.25, -0.2) is 9.18 Å². The van der Waals surface area contributed by atoms with Crippen LogP contribution >= 0.6 is 0 Å². The summed E-state index contributed by atoms with van der Waals surface area (Å²) < 4.78 is 13.1. The molecule has 4 nitrogen and oxygen atoms in total. The average Bonchev–Trinajstić information content (AvgIpc) is 2.54. The molecular weight excluding hydrogens is 235 g/mol. The number of amides is 3. The zero-order valence-corrected chi connectivity index (χ0v) is 10.4. The molecule has 1 N–H and O–H groups in total. The van der Waals surface area contributed by atoms with Crippen molar-refractivity contribution in [3.63, 3.8) is 0 Å². The van der Waals surface area contributed by atoms with Gasteiger partial charge in [-0.15, -0.1) is 0 Å². The van der Waals surface area contributed by atoms with Gasteiger partial charge in [-0.1, -0.05) is 19.1 Å². The molecule has 0 spiro atoms. The van der Waals surface area contributed by atoms with Crippen LogP contribution in [0.2, 0.25) is 0 Å². The number of halogens is 1. The Kier molecular flexibility index (Phi) is 3.07. The van der Waals surface area contributed by atoms with Gasteiger partial charge in [0.05, 0.1) is 0 Å². The quantitative estimate of drug-likeness (QED) is 0.835. The number of benzene rings is 1. The summed E-state index contributed by atoms with van der Waals surface area (Å²) in [7, 11) is 0. The summed E-state index contributed by atoms with van der Waals surface area (Å²) >= 11 is 0. The molecule has 1 atom stereocenters. The van der Waals surface area contributed by atoms with Gasteiger partial charge in [-0.3, -0.25) is 10.1 Å². The second-order valence-corrected chi connectivity index (χ2v) is 4.60. The molecule has 1 aliphatic heterocycles. The lowest BCUT2D eigenvalue weighted by atomic mass is 9.97. The summed E-state index contributed by atoms with van der Waals surface area (Å²) in [6, 6.07) is 5.61. The smallest absolute Gasteiger partial charge is 0.306 e. The van der Waals surface area contributed by atoms with Gasteiger partial charge < -0.3 is 4.90 Å². The van der Waals surface area contributed by atoms with Crippen molar-refractivity contribution in [2.24, 2.45) is 0 Å². The summed E-state index contributed by atoms with van der Waals surface area (Å²) in [5, 5.41) is 2.30. The van der Waals surface area contributed by atoms with Crippen LogP contribution in [-0.4, -0.2) is 22.4 Å². The van der Waals surface area contributed by atoms with Crippen molar-refractivity contribution in [1.82, 2.24) is 10.2 Å². The van der Waals surface area contributed by atoms with E-state index in [1.807, 2.05) is 6.92 Å². The summed E-state index contributed by atoms with van der Waals surface area (Å²) in [6.07, 6.45) is 0.514. The van der Waals surface area contributed by atoms with Crippen LogP contribution in [0.25, 0.3) is 0 Å². The molecule has 1 aromatic rings. The van der Waals surface area contributed by atoms with Crippen LogP contribution in [0.15, 0.2) is 24.3 Å². The number of hydrogen-bond acceptors (Lipinski definition) is 2. The van der Waals surface area contributed by atoms with Crippen LogP contribution in [-0.2, 0) is 11.3 Å². The lowest BCUT2D eigenvalue weighted by Crippen LogP contribution is -2.45. The van der Waals surface area contributed by atoms with E-state index in [9.17, 15) is 14.0 Å². The van der Waals surface area contributed by atoms with Gasteiger partial charge in [-0.05, 0) is 31.0 Å². The van der Waals surface area contributed by atoms with E-state index in [0.29, 0.717) is 12.0 Å². The minimum absolute atomic E-state index is 0.222. The molecule has 1 unspecified atom stereocenters. The van der Waals surface area contributed by atoms with Gasteiger partial charge in [0, 0.05) is 6.54 Å². The maximum absolute atomic E-state index is 13.1. The van der Waals surface area contributed by atoms with Gasteiger partial charge in [-0.2, -0.15) is 0 Å². The third kappa shape index (κ3) is 1.96. The van der Waals surface area contributed by atoms with E-state index in [1.54, 1.807) is 19.1 Å². The number of nitrogens with zero attached hydrogens (tertiary/aromatic N) is 1. The third-order valence-electron chi connectivity index (χ3n) is 3.47. The van der Waals surface area contributed by atoms with Crippen LogP contribution in [0.5, 0.6) is 0 Å². The molecule has 2 rings (SSSR count). The Morgan fingerprint density at radius 3 is 2.72 bits per heavy atom. The molecule has 0 radical (unpaired) electrons. The third-order valence-corrected chi connectivity index (χ3v) is 3.47. The highest BCUT2D eigenvalue weighted by molar-refractivity contribution is 6.06. The standard InChI is InChI=1S/C13H15FN2O2/c1-3-13(2)11(17)15-12(18)16(13)8-9-5-4-6-10(14)7-9/h4-7H,3,8H2,1-2H3,(H,15,17,18). The van der Waals surface area contributed by atoms with Crippen LogP contribution in [0.3, 0.4) is 0 Å². The minimum Gasteiger partial charge on any atom is -0.306 e. The highest BCUT2D eigenvalue weighted by Crippen LogP contribution is 2.27. The summed E-state index contributed by atoms with van der Waals surface area (Å²) in [5.41, 5.74) is -0.192. The van der Waals surface area contributed by atoms with Crippen molar-refractivity contribution in [3.05, 3.63) is 35.6 Å². The number of rotatable bonds is 3.